The van der Waals surface area contributed by atoms with E-state index in [-0.39, 0.29) is 23.7 Å². The average molecular weight is 549 g/mol. The zero-order chi connectivity index (χ0) is 28.2. The van der Waals surface area contributed by atoms with E-state index in [9.17, 15) is 9.18 Å². The van der Waals surface area contributed by atoms with E-state index >= 15 is 0 Å². The monoisotopic (exact) mass is 548 g/mol. The van der Waals surface area contributed by atoms with Crippen molar-refractivity contribution in [3.63, 3.8) is 0 Å². The molecule has 0 saturated carbocycles. The SMILES string of the molecule is COC[C@H](C)Nc1nc(Oc2cccc3[nH]c(=O)c(N)nc23)cc(N2CCN([C@H](C)c3ccc(F)cc3)CC2)n1. The van der Waals surface area contributed by atoms with Crippen molar-refractivity contribution in [3.05, 3.63) is 70.3 Å². The summed E-state index contributed by atoms with van der Waals surface area (Å²) in [7, 11) is 1.64. The number of anilines is 3. The van der Waals surface area contributed by atoms with Crippen LogP contribution in [0.5, 0.6) is 11.6 Å². The number of nitrogen functional groups attached to an aromatic ring is 1. The van der Waals surface area contributed by atoms with Crippen LogP contribution in [-0.4, -0.2) is 70.8 Å². The fourth-order valence-corrected chi connectivity index (χ4v) is 4.79. The van der Waals surface area contributed by atoms with Crippen molar-refractivity contribution in [1.82, 2.24) is 24.8 Å². The van der Waals surface area contributed by atoms with Gasteiger partial charge in [-0.05, 0) is 43.7 Å². The number of nitrogens with one attached hydrogen (secondary N) is 2. The Labute approximate surface area is 231 Å². The number of rotatable bonds is 9. The van der Waals surface area contributed by atoms with Gasteiger partial charge in [0.2, 0.25) is 11.8 Å². The number of benzene rings is 2. The third-order valence-electron chi connectivity index (χ3n) is 6.95. The van der Waals surface area contributed by atoms with Crippen molar-refractivity contribution in [2.45, 2.75) is 25.9 Å². The van der Waals surface area contributed by atoms with Crippen LogP contribution >= 0.6 is 0 Å². The van der Waals surface area contributed by atoms with E-state index in [1.165, 1.54) is 12.1 Å². The van der Waals surface area contributed by atoms with E-state index in [4.69, 9.17) is 20.2 Å². The summed E-state index contributed by atoms with van der Waals surface area (Å²) in [6.45, 7) is 7.68. The Kier molecular flexibility index (Phi) is 8.08. The van der Waals surface area contributed by atoms with E-state index in [0.717, 1.165) is 31.7 Å². The van der Waals surface area contributed by atoms with Crippen molar-refractivity contribution in [2.75, 3.05) is 55.8 Å². The molecular weight excluding hydrogens is 515 g/mol. The minimum absolute atomic E-state index is 0.0365. The van der Waals surface area contributed by atoms with Crippen LogP contribution in [0, 0.1) is 5.82 Å². The summed E-state index contributed by atoms with van der Waals surface area (Å²) in [4.78, 5) is 32.8. The fraction of sp³-hybridized carbons (Fsp3) is 0.357. The lowest BCUT2D eigenvalue weighted by Crippen LogP contribution is -2.47. The van der Waals surface area contributed by atoms with Crippen molar-refractivity contribution in [3.8, 4) is 11.6 Å². The van der Waals surface area contributed by atoms with Crippen LogP contribution in [0.25, 0.3) is 11.0 Å². The quantitative estimate of drug-likeness (QED) is 0.285. The molecule has 4 aromatic rings. The van der Waals surface area contributed by atoms with Gasteiger partial charge in [0.05, 0.1) is 12.1 Å². The molecule has 12 heteroatoms. The number of nitrogens with zero attached hydrogens (tertiary/aromatic N) is 5. The summed E-state index contributed by atoms with van der Waals surface area (Å²) in [6.07, 6.45) is 0. The molecule has 210 valence electrons. The van der Waals surface area contributed by atoms with Gasteiger partial charge >= 0.3 is 0 Å². The molecule has 5 rings (SSSR count). The maximum Gasteiger partial charge on any atom is 0.290 e. The highest BCUT2D eigenvalue weighted by Gasteiger charge is 2.24. The number of H-pyrrole nitrogens is 1. The maximum atomic E-state index is 13.4. The Morgan fingerprint density at radius 3 is 2.55 bits per heavy atom. The van der Waals surface area contributed by atoms with Gasteiger partial charge in [0.25, 0.3) is 5.56 Å². The molecule has 1 aliphatic heterocycles. The molecule has 1 fully saturated rings. The van der Waals surface area contributed by atoms with Gasteiger partial charge in [-0.25, -0.2) is 9.37 Å². The highest BCUT2D eigenvalue weighted by Crippen LogP contribution is 2.30. The number of nitrogens with two attached hydrogens (primary N) is 1. The number of methoxy groups -OCH3 is 1. The second-order valence-electron chi connectivity index (χ2n) is 9.84. The molecule has 0 amide bonds. The summed E-state index contributed by atoms with van der Waals surface area (Å²) in [5.74, 6) is 1.46. The fourth-order valence-electron chi connectivity index (χ4n) is 4.79. The lowest BCUT2D eigenvalue weighted by molar-refractivity contribution is 0.190. The normalized spacial score (nSPS) is 15.7. The minimum atomic E-state index is -0.458. The van der Waals surface area contributed by atoms with E-state index in [1.54, 1.807) is 31.4 Å². The van der Waals surface area contributed by atoms with Crippen molar-refractivity contribution >= 4 is 28.6 Å². The minimum Gasteiger partial charge on any atom is -0.436 e. The summed E-state index contributed by atoms with van der Waals surface area (Å²) >= 11 is 0. The van der Waals surface area contributed by atoms with Crippen LogP contribution in [0.2, 0.25) is 0 Å². The van der Waals surface area contributed by atoms with Gasteiger partial charge in [0.15, 0.2) is 11.6 Å². The van der Waals surface area contributed by atoms with Crippen LogP contribution in [0.4, 0.5) is 22.0 Å². The smallest absolute Gasteiger partial charge is 0.290 e. The Morgan fingerprint density at radius 2 is 1.82 bits per heavy atom. The maximum absolute atomic E-state index is 13.4. The molecule has 1 saturated heterocycles. The number of fused-ring (bicyclic) bond motifs is 1. The van der Waals surface area contributed by atoms with Crippen LogP contribution in [-0.2, 0) is 4.74 Å². The van der Waals surface area contributed by atoms with Crippen molar-refractivity contribution in [2.24, 2.45) is 0 Å². The number of aromatic amines is 1. The molecule has 40 heavy (non-hydrogen) atoms. The van der Waals surface area contributed by atoms with Crippen LogP contribution < -0.4 is 26.2 Å². The molecule has 0 radical (unpaired) electrons. The highest BCUT2D eigenvalue weighted by atomic mass is 19.1. The van der Waals surface area contributed by atoms with Gasteiger partial charge in [0, 0.05) is 51.4 Å². The van der Waals surface area contributed by atoms with E-state index < -0.39 is 5.56 Å². The first kappa shape index (κ1) is 27.3. The number of aromatic nitrogens is 4. The summed E-state index contributed by atoms with van der Waals surface area (Å²) in [5.41, 5.74) is 7.32. The molecule has 0 aliphatic carbocycles. The second-order valence-corrected chi connectivity index (χ2v) is 9.84. The Balaban J connectivity index is 1.39. The molecule has 11 nitrogen and oxygen atoms in total. The number of piperazine rings is 1. The first-order chi connectivity index (χ1) is 19.3. The van der Waals surface area contributed by atoms with Gasteiger partial charge in [-0.1, -0.05) is 18.2 Å². The molecule has 2 aromatic carbocycles. The average Bonchev–Trinajstić information content (AvgIpc) is 2.94. The Hall–Kier alpha value is -4.29. The van der Waals surface area contributed by atoms with E-state index in [0.29, 0.717) is 41.0 Å². The standard InChI is InChI=1S/C28H33FN8O3/c1-17(16-39-3)31-28-33-23(37-13-11-36(12-14-37)18(2)19-7-9-20(29)10-8-19)15-24(34-28)40-22-6-4-5-21-25(22)35-26(30)27(38)32-21/h4-10,15,17-18H,11-14,16H2,1-3H3,(H2,30,35)(H,32,38)(H,31,33,34)/t17-,18+/m0/s1. The molecule has 3 heterocycles. The number of hydrogen-bond donors (Lipinski definition) is 3. The van der Waals surface area contributed by atoms with Crippen LogP contribution in [0.1, 0.15) is 25.5 Å². The molecule has 2 atom stereocenters. The van der Waals surface area contributed by atoms with Crippen molar-refractivity contribution in [1.29, 1.82) is 0 Å². The van der Waals surface area contributed by atoms with Crippen LogP contribution in [0.15, 0.2) is 53.3 Å². The summed E-state index contributed by atoms with van der Waals surface area (Å²) in [5, 5.41) is 3.28. The van der Waals surface area contributed by atoms with Crippen molar-refractivity contribution < 1.29 is 13.9 Å². The van der Waals surface area contributed by atoms with Gasteiger partial charge in [-0.15, -0.1) is 0 Å². The Bertz CT molecular complexity index is 1520. The third kappa shape index (κ3) is 6.13. The largest absolute Gasteiger partial charge is 0.436 e. The van der Waals surface area contributed by atoms with Crippen LogP contribution in [0.3, 0.4) is 0 Å². The molecule has 0 spiro atoms. The lowest BCUT2D eigenvalue weighted by atomic mass is 10.1. The zero-order valence-corrected chi connectivity index (χ0v) is 22.7. The Morgan fingerprint density at radius 1 is 1.07 bits per heavy atom. The molecule has 0 bridgehead atoms. The lowest BCUT2D eigenvalue weighted by Gasteiger charge is -2.38. The number of para-hydroxylation sites is 1. The molecular formula is C28H33FN8O3. The van der Waals surface area contributed by atoms with Gasteiger partial charge < -0.3 is 30.4 Å². The highest BCUT2D eigenvalue weighted by molar-refractivity contribution is 5.82. The number of hydrogen-bond acceptors (Lipinski definition) is 10. The predicted molar refractivity (Wildman–Crippen MR) is 152 cm³/mol. The predicted octanol–water partition coefficient (Wildman–Crippen LogP) is 3.56. The first-order valence-electron chi connectivity index (χ1n) is 13.2. The van der Waals surface area contributed by atoms with E-state index in [2.05, 4.69) is 37.0 Å². The van der Waals surface area contributed by atoms with E-state index in [1.807, 2.05) is 19.1 Å². The summed E-state index contributed by atoms with van der Waals surface area (Å²) in [6, 6.07) is 13.8. The first-order valence-corrected chi connectivity index (χ1v) is 13.2. The van der Waals surface area contributed by atoms with Gasteiger partial charge in [-0.2, -0.15) is 9.97 Å². The number of ether oxygens (including phenoxy) is 2. The topological polar surface area (TPSA) is 135 Å². The molecule has 1 aliphatic rings. The summed E-state index contributed by atoms with van der Waals surface area (Å²) < 4.78 is 24.8. The van der Waals surface area contributed by atoms with Gasteiger partial charge in [0.1, 0.15) is 17.2 Å². The third-order valence-corrected chi connectivity index (χ3v) is 6.95. The zero-order valence-electron chi connectivity index (χ0n) is 22.7. The molecule has 2 aromatic heterocycles. The second kappa shape index (κ2) is 11.8. The molecule has 0 unspecified atom stereocenters. The molecule has 4 N–H and O–H groups in total. The number of halogens is 1. The van der Waals surface area contributed by atoms with Gasteiger partial charge in [-0.3, -0.25) is 9.69 Å².